The topological polar surface area (TPSA) is 78.1 Å². The van der Waals surface area contributed by atoms with Crippen LogP contribution in [0.2, 0.25) is 0 Å². The number of carbonyl (C=O) groups is 1. The molecule has 0 bridgehead atoms. The van der Waals surface area contributed by atoms with Gasteiger partial charge in [-0.25, -0.2) is 9.37 Å². The fourth-order valence-corrected chi connectivity index (χ4v) is 4.26. The van der Waals surface area contributed by atoms with Crippen LogP contribution in [0.5, 0.6) is 0 Å². The third kappa shape index (κ3) is 6.03. The van der Waals surface area contributed by atoms with Gasteiger partial charge in [0.05, 0.1) is 22.6 Å². The number of halogens is 4. The van der Waals surface area contributed by atoms with Crippen molar-refractivity contribution in [1.82, 2.24) is 14.9 Å². The molecule has 0 saturated heterocycles. The molecule has 1 aliphatic heterocycles. The SMILES string of the molecule is O=C(CSc1nc2c(c(=O)[nH]1)CN(Cc1ccc(F)cc1)CC2)Nc1ccc(C(F)(F)F)cc1. The molecule has 3 aromatic rings. The number of hydrogen-bond acceptors (Lipinski definition) is 5. The van der Waals surface area contributed by atoms with Crippen LogP contribution in [0, 0.1) is 5.82 Å². The average Bonchev–Trinajstić information content (AvgIpc) is 2.79. The number of nitrogens with one attached hydrogen (secondary N) is 2. The van der Waals surface area contributed by atoms with Gasteiger partial charge in [0, 0.05) is 31.7 Å². The van der Waals surface area contributed by atoms with Crippen molar-refractivity contribution < 1.29 is 22.4 Å². The largest absolute Gasteiger partial charge is 0.416 e. The molecule has 0 aliphatic carbocycles. The summed E-state index contributed by atoms with van der Waals surface area (Å²) < 4.78 is 51.0. The predicted molar refractivity (Wildman–Crippen MR) is 120 cm³/mol. The third-order valence-corrected chi connectivity index (χ3v) is 6.15. The van der Waals surface area contributed by atoms with Crippen LogP contribution in [-0.4, -0.2) is 33.1 Å². The lowest BCUT2D eigenvalue weighted by Gasteiger charge is -2.27. The minimum Gasteiger partial charge on any atom is -0.325 e. The maximum absolute atomic E-state index is 13.1. The fraction of sp³-hybridized carbons (Fsp3) is 0.261. The van der Waals surface area contributed by atoms with Gasteiger partial charge in [-0.3, -0.25) is 14.5 Å². The van der Waals surface area contributed by atoms with Crippen LogP contribution < -0.4 is 10.9 Å². The van der Waals surface area contributed by atoms with Crippen LogP contribution in [0.1, 0.15) is 22.4 Å². The molecule has 1 aromatic heterocycles. The Hall–Kier alpha value is -3.18. The molecular formula is C23H20F4N4O2S. The molecule has 4 rings (SSSR count). The van der Waals surface area contributed by atoms with Gasteiger partial charge in [-0.2, -0.15) is 13.2 Å². The summed E-state index contributed by atoms with van der Waals surface area (Å²) in [5.74, 6) is -0.804. The molecule has 0 unspecified atom stereocenters. The number of benzene rings is 2. The van der Waals surface area contributed by atoms with Gasteiger partial charge in [-0.05, 0) is 42.0 Å². The molecular weight excluding hydrogens is 472 g/mol. The summed E-state index contributed by atoms with van der Waals surface area (Å²) in [5.41, 5.74) is 1.34. The molecule has 6 nitrogen and oxygen atoms in total. The first-order valence-corrected chi connectivity index (χ1v) is 11.3. The first-order valence-electron chi connectivity index (χ1n) is 10.4. The van der Waals surface area contributed by atoms with Crippen LogP contribution in [0.15, 0.2) is 58.5 Å². The first kappa shape index (κ1) is 24.0. The first-order chi connectivity index (χ1) is 16.2. The van der Waals surface area contributed by atoms with Crippen LogP contribution in [0.4, 0.5) is 23.2 Å². The normalized spacial score (nSPS) is 14.0. The van der Waals surface area contributed by atoms with Gasteiger partial charge in [0.1, 0.15) is 5.82 Å². The van der Waals surface area contributed by atoms with Gasteiger partial charge in [0.25, 0.3) is 5.56 Å². The monoisotopic (exact) mass is 492 g/mol. The van der Waals surface area contributed by atoms with E-state index in [1.165, 1.54) is 24.3 Å². The zero-order valence-corrected chi connectivity index (χ0v) is 18.6. The van der Waals surface area contributed by atoms with Crippen LogP contribution in [0.3, 0.4) is 0 Å². The van der Waals surface area contributed by atoms with E-state index in [0.29, 0.717) is 42.5 Å². The summed E-state index contributed by atoms with van der Waals surface area (Å²) in [4.78, 5) is 34.0. The molecule has 0 spiro atoms. The van der Waals surface area contributed by atoms with E-state index in [1.807, 2.05) is 0 Å². The Labute approximate surface area is 196 Å². The van der Waals surface area contributed by atoms with Crippen molar-refractivity contribution in [2.24, 2.45) is 0 Å². The minimum absolute atomic E-state index is 0.0700. The summed E-state index contributed by atoms with van der Waals surface area (Å²) in [6.07, 6.45) is -3.88. The number of aromatic amines is 1. The van der Waals surface area contributed by atoms with Crippen molar-refractivity contribution in [2.75, 3.05) is 17.6 Å². The molecule has 0 atom stereocenters. The standard InChI is InChI=1S/C23H20F4N4O2S/c24-16-5-1-14(2-6-16)11-31-10-9-19-18(12-31)21(33)30-22(29-19)34-13-20(32)28-17-7-3-15(4-8-17)23(25,26)27/h1-8H,9-13H2,(H,28,32)(H,29,30,33). The van der Waals surface area contributed by atoms with Crippen molar-refractivity contribution in [2.45, 2.75) is 30.8 Å². The van der Waals surface area contributed by atoms with Gasteiger partial charge in [0.15, 0.2) is 5.16 Å². The second-order valence-corrected chi connectivity index (χ2v) is 8.76. The maximum Gasteiger partial charge on any atom is 0.416 e. The number of nitrogens with zero attached hydrogens (tertiary/aromatic N) is 2. The summed E-state index contributed by atoms with van der Waals surface area (Å²) in [5, 5.41) is 2.83. The van der Waals surface area contributed by atoms with Gasteiger partial charge in [-0.1, -0.05) is 23.9 Å². The number of hydrogen-bond donors (Lipinski definition) is 2. The summed E-state index contributed by atoms with van der Waals surface area (Å²) >= 11 is 1.04. The van der Waals surface area contributed by atoms with Crippen LogP contribution in [-0.2, 0) is 30.5 Å². The Morgan fingerprint density at radius 1 is 1.12 bits per heavy atom. The van der Waals surface area contributed by atoms with E-state index in [1.54, 1.807) is 12.1 Å². The number of rotatable bonds is 6. The number of carbonyl (C=O) groups excluding carboxylic acids is 1. The van der Waals surface area contributed by atoms with Crippen molar-refractivity contribution in [3.63, 3.8) is 0 Å². The second-order valence-electron chi connectivity index (χ2n) is 7.80. The molecule has 11 heteroatoms. The lowest BCUT2D eigenvalue weighted by Crippen LogP contribution is -2.35. The number of alkyl halides is 3. The molecule has 1 amide bonds. The molecule has 34 heavy (non-hydrogen) atoms. The van der Waals surface area contributed by atoms with E-state index < -0.39 is 17.6 Å². The number of thioether (sulfide) groups is 1. The lowest BCUT2D eigenvalue weighted by molar-refractivity contribution is -0.137. The fourth-order valence-electron chi connectivity index (χ4n) is 3.58. The number of amides is 1. The molecule has 2 aromatic carbocycles. The van der Waals surface area contributed by atoms with Crippen molar-refractivity contribution >= 4 is 23.4 Å². The Bertz CT molecular complexity index is 1230. The highest BCUT2D eigenvalue weighted by Crippen LogP contribution is 2.30. The Balaban J connectivity index is 1.33. The van der Waals surface area contributed by atoms with Crippen LogP contribution >= 0.6 is 11.8 Å². The highest BCUT2D eigenvalue weighted by Gasteiger charge is 2.30. The molecule has 1 aliphatic rings. The zero-order valence-electron chi connectivity index (χ0n) is 17.8. The van der Waals surface area contributed by atoms with Crippen molar-refractivity contribution in [3.8, 4) is 0 Å². The number of aromatic nitrogens is 2. The molecule has 0 fully saturated rings. The van der Waals surface area contributed by atoms with E-state index in [4.69, 9.17) is 0 Å². The molecule has 0 radical (unpaired) electrons. The van der Waals surface area contributed by atoms with E-state index in [-0.39, 0.29) is 22.8 Å². The third-order valence-electron chi connectivity index (χ3n) is 5.28. The minimum atomic E-state index is -4.44. The Morgan fingerprint density at radius 3 is 2.50 bits per heavy atom. The number of fused-ring (bicyclic) bond motifs is 1. The lowest BCUT2D eigenvalue weighted by atomic mass is 10.1. The number of H-pyrrole nitrogens is 1. The van der Waals surface area contributed by atoms with E-state index in [9.17, 15) is 27.2 Å². The predicted octanol–water partition coefficient (Wildman–Crippen LogP) is 4.22. The Kier molecular flexibility index (Phi) is 7.03. The van der Waals surface area contributed by atoms with E-state index >= 15 is 0 Å². The van der Waals surface area contributed by atoms with Gasteiger partial charge in [-0.15, -0.1) is 0 Å². The van der Waals surface area contributed by atoms with E-state index in [0.717, 1.165) is 29.5 Å². The quantitative estimate of drug-likeness (QED) is 0.306. The zero-order chi connectivity index (χ0) is 24.3. The van der Waals surface area contributed by atoms with Crippen molar-refractivity contribution in [1.29, 1.82) is 0 Å². The molecule has 178 valence electrons. The van der Waals surface area contributed by atoms with Gasteiger partial charge < -0.3 is 10.3 Å². The molecule has 2 N–H and O–H groups in total. The summed E-state index contributed by atoms with van der Waals surface area (Å²) in [7, 11) is 0. The average molecular weight is 492 g/mol. The van der Waals surface area contributed by atoms with Gasteiger partial charge in [0.2, 0.25) is 5.91 Å². The van der Waals surface area contributed by atoms with E-state index in [2.05, 4.69) is 20.2 Å². The maximum atomic E-state index is 13.1. The molecule has 0 saturated carbocycles. The second kappa shape index (κ2) is 9.98. The highest BCUT2D eigenvalue weighted by atomic mass is 32.2. The summed E-state index contributed by atoms with van der Waals surface area (Å²) in [6, 6.07) is 10.4. The smallest absolute Gasteiger partial charge is 0.325 e. The van der Waals surface area contributed by atoms with Gasteiger partial charge >= 0.3 is 6.18 Å². The van der Waals surface area contributed by atoms with Crippen LogP contribution in [0.25, 0.3) is 0 Å². The molecule has 2 heterocycles. The highest BCUT2D eigenvalue weighted by molar-refractivity contribution is 7.99. The Morgan fingerprint density at radius 2 is 1.82 bits per heavy atom. The number of anilines is 1. The van der Waals surface area contributed by atoms with Crippen molar-refractivity contribution in [3.05, 3.63) is 87.1 Å². The summed E-state index contributed by atoms with van der Waals surface area (Å²) in [6.45, 7) is 1.67.